The SMILES string of the molecule is Cc1oc(CNC(=O)Cc2ccccc2F)nc1C(=O)N1CCC(C)CC1. The summed E-state index contributed by atoms with van der Waals surface area (Å²) in [6, 6.07) is 6.15. The third-order valence-electron chi connectivity index (χ3n) is 4.86. The number of halogens is 1. The molecule has 1 N–H and O–H groups in total. The molecule has 0 bridgehead atoms. The van der Waals surface area contributed by atoms with Crippen LogP contribution in [0.15, 0.2) is 28.7 Å². The van der Waals surface area contributed by atoms with Crippen molar-refractivity contribution >= 4 is 11.8 Å². The largest absolute Gasteiger partial charge is 0.443 e. The second-order valence-corrected chi connectivity index (χ2v) is 7.03. The molecule has 1 aromatic heterocycles. The first-order valence-corrected chi connectivity index (χ1v) is 9.19. The van der Waals surface area contributed by atoms with E-state index in [-0.39, 0.29) is 30.7 Å². The highest BCUT2D eigenvalue weighted by Crippen LogP contribution is 2.20. The summed E-state index contributed by atoms with van der Waals surface area (Å²) >= 11 is 0. The summed E-state index contributed by atoms with van der Waals surface area (Å²) in [6.07, 6.45) is 1.91. The lowest BCUT2D eigenvalue weighted by atomic mass is 9.99. The number of aryl methyl sites for hydroxylation is 1. The zero-order valence-electron chi connectivity index (χ0n) is 15.6. The van der Waals surface area contributed by atoms with Crippen LogP contribution >= 0.6 is 0 Å². The Bertz CT molecular complexity index is 826. The van der Waals surface area contributed by atoms with E-state index in [2.05, 4.69) is 17.2 Å². The van der Waals surface area contributed by atoms with Crippen LogP contribution in [0.2, 0.25) is 0 Å². The van der Waals surface area contributed by atoms with Crippen LogP contribution in [0.5, 0.6) is 0 Å². The molecule has 6 nitrogen and oxygen atoms in total. The first kappa shape index (κ1) is 19.1. The van der Waals surface area contributed by atoms with Crippen molar-refractivity contribution in [2.45, 2.75) is 39.7 Å². The highest BCUT2D eigenvalue weighted by atomic mass is 19.1. The van der Waals surface area contributed by atoms with Crippen LogP contribution in [0.25, 0.3) is 0 Å². The van der Waals surface area contributed by atoms with E-state index in [1.165, 1.54) is 6.07 Å². The number of benzene rings is 1. The first-order chi connectivity index (χ1) is 12.9. The molecule has 1 fully saturated rings. The summed E-state index contributed by atoms with van der Waals surface area (Å²) in [6.45, 7) is 5.38. The molecule has 1 aliphatic rings. The van der Waals surface area contributed by atoms with Gasteiger partial charge in [0.05, 0.1) is 13.0 Å². The van der Waals surface area contributed by atoms with Crippen LogP contribution in [-0.2, 0) is 17.8 Å². The third-order valence-corrected chi connectivity index (χ3v) is 4.86. The van der Waals surface area contributed by atoms with Gasteiger partial charge in [-0.2, -0.15) is 0 Å². The Hall–Kier alpha value is -2.70. The molecule has 144 valence electrons. The molecule has 0 unspecified atom stereocenters. The molecule has 27 heavy (non-hydrogen) atoms. The molecule has 2 aromatic rings. The summed E-state index contributed by atoms with van der Waals surface area (Å²) in [5, 5.41) is 2.65. The van der Waals surface area contributed by atoms with Gasteiger partial charge in [-0.15, -0.1) is 0 Å². The minimum absolute atomic E-state index is 0.0540. The summed E-state index contributed by atoms with van der Waals surface area (Å²) in [4.78, 5) is 30.7. The third kappa shape index (κ3) is 4.72. The molecule has 2 amide bonds. The van der Waals surface area contributed by atoms with Gasteiger partial charge in [0.2, 0.25) is 11.8 Å². The number of hydrogen-bond donors (Lipinski definition) is 1. The van der Waals surface area contributed by atoms with Crippen LogP contribution in [0.1, 0.15) is 47.5 Å². The molecule has 0 radical (unpaired) electrons. The summed E-state index contributed by atoms with van der Waals surface area (Å²) in [7, 11) is 0. The van der Waals surface area contributed by atoms with Crippen LogP contribution in [0, 0.1) is 18.7 Å². The van der Waals surface area contributed by atoms with Crippen LogP contribution in [0.4, 0.5) is 4.39 Å². The maximum absolute atomic E-state index is 13.6. The average molecular weight is 373 g/mol. The van der Waals surface area contributed by atoms with Gasteiger partial charge < -0.3 is 14.6 Å². The van der Waals surface area contributed by atoms with Gasteiger partial charge in [-0.1, -0.05) is 25.1 Å². The molecule has 2 heterocycles. The fourth-order valence-electron chi connectivity index (χ4n) is 3.14. The number of nitrogens with one attached hydrogen (secondary N) is 1. The minimum atomic E-state index is -0.414. The number of carbonyl (C=O) groups excluding carboxylic acids is 2. The van der Waals surface area contributed by atoms with Gasteiger partial charge in [0.15, 0.2) is 5.69 Å². The fourth-order valence-corrected chi connectivity index (χ4v) is 3.14. The molecular weight excluding hydrogens is 349 g/mol. The van der Waals surface area contributed by atoms with Crippen molar-refractivity contribution < 1.29 is 18.4 Å². The summed E-state index contributed by atoms with van der Waals surface area (Å²) in [5.41, 5.74) is 0.622. The van der Waals surface area contributed by atoms with E-state index >= 15 is 0 Å². The predicted molar refractivity (Wildman–Crippen MR) is 97.5 cm³/mol. The lowest BCUT2D eigenvalue weighted by Crippen LogP contribution is -2.38. The van der Waals surface area contributed by atoms with E-state index in [0.717, 1.165) is 25.9 Å². The summed E-state index contributed by atoms with van der Waals surface area (Å²) in [5.74, 6) is 0.456. The Morgan fingerprint density at radius 1 is 1.30 bits per heavy atom. The molecular formula is C20H24FN3O3. The molecule has 0 spiro atoms. The standard InChI is InChI=1S/C20H24FN3O3/c1-13-7-9-24(10-8-13)20(26)19-14(2)27-18(23-19)12-22-17(25)11-15-5-3-4-6-16(15)21/h3-6,13H,7-12H2,1-2H3,(H,22,25). The number of hydrogen-bond acceptors (Lipinski definition) is 4. The minimum Gasteiger partial charge on any atom is -0.443 e. The zero-order chi connectivity index (χ0) is 19.4. The lowest BCUT2D eigenvalue weighted by Gasteiger charge is -2.29. The van der Waals surface area contributed by atoms with Crippen LogP contribution in [-0.4, -0.2) is 34.8 Å². The Morgan fingerprint density at radius 2 is 2.00 bits per heavy atom. The highest BCUT2D eigenvalue weighted by molar-refractivity contribution is 5.93. The average Bonchev–Trinajstić information content (AvgIpc) is 3.03. The van der Waals surface area contributed by atoms with Gasteiger partial charge in [-0.05, 0) is 37.3 Å². The Morgan fingerprint density at radius 3 is 2.70 bits per heavy atom. The van der Waals surface area contributed by atoms with Gasteiger partial charge in [0.1, 0.15) is 11.6 Å². The molecule has 0 saturated carbocycles. The van der Waals surface area contributed by atoms with Gasteiger partial charge in [0.25, 0.3) is 5.91 Å². The van der Waals surface area contributed by atoms with E-state index in [0.29, 0.717) is 22.9 Å². The first-order valence-electron chi connectivity index (χ1n) is 9.19. The highest BCUT2D eigenvalue weighted by Gasteiger charge is 2.26. The second kappa shape index (κ2) is 8.33. The summed E-state index contributed by atoms with van der Waals surface area (Å²) < 4.78 is 19.1. The molecule has 0 aliphatic carbocycles. The number of piperidine rings is 1. The van der Waals surface area contributed by atoms with Gasteiger partial charge in [-0.25, -0.2) is 9.37 Å². The monoisotopic (exact) mass is 373 g/mol. The number of carbonyl (C=O) groups is 2. The molecule has 7 heteroatoms. The van der Waals surface area contributed by atoms with E-state index in [9.17, 15) is 14.0 Å². The smallest absolute Gasteiger partial charge is 0.276 e. The van der Waals surface area contributed by atoms with Gasteiger partial charge in [-0.3, -0.25) is 9.59 Å². The van der Waals surface area contributed by atoms with E-state index in [1.807, 2.05) is 0 Å². The Balaban J connectivity index is 1.57. The van der Waals surface area contributed by atoms with Crippen LogP contribution < -0.4 is 5.32 Å². The van der Waals surface area contributed by atoms with E-state index < -0.39 is 5.82 Å². The van der Waals surface area contributed by atoms with Crippen molar-refractivity contribution in [2.24, 2.45) is 5.92 Å². The number of amides is 2. The van der Waals surface area contributed by atoms with Crippen molar-refractivity contribution in [3.8, 4) is 0 Å². The number of likely N-dealkylation sites (tertiary alicyclic amines) is 1. The Labute approximate surface area is 157 Å². The maximum atomic E-state index is 13.6. The van der Waals surface area contributed by atoms with Crippen LogP contribution in [0.3, 0.4) is 0 Å². The van der Waals surface area contributed by atoms with Crippen molar-refractivity contribution in [3.05, 3.63) is 53.0 Å². The van der Waals surface area contributed by atoms with Crippen molar-refractivity contribution in [2.75, 3.05) is 13.1 Å². The number of aromatic nitrogens is 1. The predicted octanol–water partition coefficient (Wildman–Crippen LogP) is 2.85. The fraction of sp³-hybridized carbons (Fsp3) is 0.450. The number of nitrogens with zero attached hydrogens (tertiary/aromatic N) is 2. The molecule has 3 rings (SSSR count). The van der Waals surface area contributed by atoms with Crippen molar-refractivity contribution in [1.29, 1.82) is 0 Å². The molecule has 1 aliphatic heterocycles. The van der Waals surface area contributed by atoms with Gasteiger partial charge >= 0.3 is 0 Å². The van der Waals surface area contributed by atoms with Crippen molar-refractivity contribution in [1.82, 2.24) is 15.2 Å². The number of rotatable bonds is 5. The van der Waals surface area contributed by atoms with E-state index in [4.69, 9.17) is 4.42 Å². The topological polar surface area (TPSA) is 75.4 Å². The Kier molecular flexibility index (Phi) is 5.88. The quantitative estimate of drug-likeness (QED) is 0.874. The second-order valence-electron chi connectivity index (χ2n) is 7.03. The van der Waals surface area contributed by atoms with Gasteiger partial charge in [0, 0.05) is 13.1 Å². The maximum Gasteiger partial charge on any atom is 0.276 e. The van der Waals surface area contributed by atoms with Crippen molar-refractivity contribution in [3.63, 3.8) is 0 Å². The number of oxazole rings is 1. The zero-order valence-corrected chi connectivity index (χ0v) is 15.6. The normalized spacial score (nSPS) is 15.0. The molecule has 0 atom stereocenters. The molecule has 1 aromatic carbocycles. The molecule has 1 saturated heterocycles. The van der Waals surface area contributed by atoms with E-state index in [1.54, 1.807) is 30.0 Å². The lowest BCUT2D eigenvalue weighted by molar-refractivity contribution is -0.120.